The fourth-order valence-corrected chi connectivity index (χ4v) is 2.81. The maximum atomic E-state index is 13.7. The normalized spacial score (nSPS) is 10.4. The molecule has 0 spiro atoms. The summed E-state index contributed by atoms with van der Waals surface area (Å²) in [7, 11) is 0. The van der Waals surface area contributed by atoms with E-state index in [-0.39, 0.29) is 36.2 Å². The number of hydrogen-bond acceptors (Lipinski definition) is 4. The average Bonchev–Trinajstić information content (AvgIpc) is 2.76. The average molecular weight is 392 g/mol. The van der Waals surface area contributed by atoms with E-state index in [1.807, 2.05) is 30.3 Å². The lowest BCUT2D eigenvalue weighted by Crippen LogP contribution is -2.36. The van der Waals surface area contributed by atoms with Crippen molar-refractivity contribution in [3.05, 3.63) is 90.3 Å². The summed E-state index contributed by atoms with van der Waals surface area (Å²) in [6.07, 6.45) is 5.02. The maximum absolute atomic E-state index is 13.7. The summed E-state index contributed by atoms with van der Waals surface area (Å²) in [5, 5.41) is 2.54. The molecule has 7 heteroatoms. The lowest BCUT2D eigenvalue weighted by molar-refractivity contribution is -0.116. The van der Waals surface area contributed by atoms with Gasteiger partial charge in [0.25, 0.3) is 5.91 Å². The zero-order valence-corrected chi connectivity index (χ0v) is 15.8. The van der Waals surface area contributed by atoms with Crippen LogP contribution in [0.1, 0.15) is 22.5 Å². The molecule has 148 valence electrons. The molecule has 2 aromatic carbocycles. The van der Waals surface area contributed by atoms with Crippen LogP contribution in [0.4, 0.5) is 10.1 Å². The minimum absolute atomic E-state index is 0.0368. The SMILES string of the molecule is O=C(CCN(CCc1ccccc1)C(=O)c1cnccn1)Nc1ccccc1F. The molecular weight excluding hydrogens is 371 g/mol. The van der Waals surface area contributed by atoms with Crippen molar-refractivity contribution in [3.63, 3.8) is 0 Å². The van der Waals surface area contributed by atoms with E-state index in [4.69, 9.17) is 0 Å². The van der Waals surface area contributed by atoms with Gasteiger partial charge in [-0.2, -0.15) is 0 Å². The standard InChI is InChI=1S/C22H21FN4O2/c23-18-8-4-5-9-19(18)26-21(28)11-15-27(14-10-17-6-2-1-3-7-17)22(29)20-16-24-12-13-25-20/h1-9,12-13,16H,10-11,14-15H2,(H,26,28). The van der Waals surface area contributed by atoms with Crippen LogP contribution in [0.2, 0.25) is 0 Å². The molecular formula is C22H21FN4O2. The van der Waals surface area contributed by atoms with Crippen molar-refractivity contribution in [1.29, 1.82) is 0 Å². The van der Waals surface area contributed by atoms with Crippen molar-refractivity contribution in [2.75, 3.05) is 18.4 Å². The number of anilines is 1. The quantitative estimate of drug-likeness (QED) is 0.638. The highest BCUT2D eigenvalue weighted by molar-refractivity contribution is 5.93. The number of carbonyl (C=O) groups excluding carboxylic acids is 2. The Bertz CT molecular complexity index is 951. The summed E-state index contributed by atoms with van der Waals surface area (Å²) in [6.45, 7) is 0.606. The molecule has 0 unspecified atom stereocenters. The Kier molecular flexibility index (Phi) is 7.00. The molecule has 0 saturated carbocycles. The molecule has 3 rings (SSSR count). The number of amides is 2. The second kappa shape index (κ2) is 10.1. The Morgan fingerprint density at radius 1 is 0.966 bits per heavy atom. The predicted molar refractivity (Wildman–Crippen MR) is 108 cm³/mol. The molecule has 0 bridgehead atoms. The Balaban J connectivity index is 1.64. The number of halogens is 1. The van der Waals surface area contributed by atoms with Crippen LogP contribution in [0, 0.1) is 5.82 Å². The van der Waals surface area contributed by atoms with Crippen LogP contribution in [-0.4, -0.2) is 39.8 Å². The van der Waals surface area contributed by atoms with Crippen LogP contribution in [0.15, 0.2) is 73.2 Å². The topological polar surface area (TPSA) is 75.2 Å². The van der Waals surface area contributed by atoms with Gasteiger partial charge >= 0.3 is 0 Å². The molecule has 1 heterocycles. The first-order valence-electron chi connectivity index (χ1n) is 9.27. The van der Waals surface area contributed by atoms with E-state index in [0.29, 0.717) is 13.0 Å². The number of rotatable bonds is 8. The lowest BCUT2D eigenvalue weighted by atomic mass is 10.1. The molecule has 29 heavy (non-hydrogen) atoms. The molecule has 0 fully saturated rings. The summed E-state index contributed by atoms with van der Waals surface area (Å²) in [5.41, 5.74) is 1.42. The number of carbonyl (C=O) groups is 2. The second-order valence-corrected chi connectivity index (χ2v) is 6.40. The van der Waals surface area contributed by atoms with E-state index in [1.165, 1.54) is 30.7 Å². The molecule has 0 aliphatic rings. The zero-order valence-electron chi connectivity index (χ0n) is 15.8. The van der Waals surface area contributed by atoms with E-state index in [0.717, 1.165) is 5.56 Å². The first kappa shape index (κ1) is 20.1. The predicted octanol–water partition coefficient (Wildman–Crippen LogP) is 3.33. The highest BCUT2D eigenvalue weighted by atomic mass is 19.1. The van der Waals surface area contributed by atoms with Gasteiger partial charge in [-0.25, -0.2) is 9.37 Å². The number of nitrogens with one attached hydrogen (secondary N) is 1. The van der Waals surface area contributed by atoms with Gasteiger partial charge in [-0.15, -0.1) is 0 Å². The van der Waals surface area contributed by atoms with E-state index >= 15 is 0 Å². The van der Waals surface area contributed by atoms with Gasteiger partial charge in [-0.3, -0.25) is 14.6 Å². The van der Waals surface area contributed by atoms with Gasteiger partial charge in [0, 0.05) is 31.9 Å². The highest BCUT2D eigenvalue weighted by Crippen LogP contribution is 2.13. The van der Waals surface area contributed by atoms with E-state index in [1.54, 1.807) is 17.0 Å². The number of nitrogens with zero attached hydrogens (tertiary/aromatic N) is 3. The minimum atomic E-state index is -0.502. The van der Waals surface area contributed by atoms with Crippen LogP contribution < -0.4 is 5.32 Å². The van der Waals surface area contributed by atoms with Gasteiger partial charge in [-0.05, 0) is 24.1 Å². The molecule has 2 amide bonds. The molecule has 6 nitrogen and oxygen atoms in total. The van der Waals surface area contributed by atoms with Crippen LogP contribution in [0.3, 0.4) is 0 Å². The number of hydrogen-bond donors (Lipinski definition) is 1. The molecule has 0 atom stereocenters. The van der Waals surface area contributed by atoms with Crippen LogP contribution in [-0.2, 0) is 11.2 Å². The smallest absolute Gasteiger partial charge is 0.274 e. The van der Waals surface area contributed by atoms with Gasteiger partial charge in [0.2, 0.25) is 5.91 Å². The van der Waals surface area contributed by atoms with Crippen molar-refractivity contribution in [3.8, 4) is 0 Å². The van der Waals surface area contributed by atoms with Gasteiger partial charge in [0.1, 0.15) is 11.5 Å². The maximum Gasteiger partial charge on any atom is 0.274 e. The third kappa shape index (κ3) is 5.93. The van der Waals surface area contributed by atoms with Crippen LogP contribution in [0.5, 0.6) is 0 Å². The van der Waals surface area contributed by atoms with Crippen molar-refractivity contribution < 1.29 is 14.0 Å². The van der Waals surface area contributed by atoms with Crippen molar-refractivity contribution >= 4 is 17.5 Å². The highest BCUT2D eigenvalue weighted by Gasteiger charge is 2.18. The number of para-hydroxylation sites is 1. The van der Waals surface area contributed by atoms with Gasteiger partial charge in [-0.1, -0.05) is 42.5 Å². The van der Waals surface area contributed by atoms with Gasteiger partial charge in [0.15, 0.2) is 0 Å². The van der Waals surface area contributed by atoms with Gasteiger partial charge in [0.05, 0.1) is 11.9 Å². The Morgan fingerprint density at radius 2 is 1.72 bits per heavy atom. The summed E-state index contributed by atoms with van der Waals surface area (Å²) in [5.74, 6) is -1.17. The first-order valence-corrected chi connectivity index (χ1v) is 9.27. The van der Waals surface area contributed by atoms with E-state index in [9.17, 15) is 14.0 Å². The van der Waals surface area contributed by atoms with Crippen molar-refractivity contribution in [2.45, 2.75) is 12.8 Å². The number of benzene rings is 2. The fraction of sp³-hybridized carbons (Fsp3) is 0.182. The Hall–Kier alpha value is -3.61. The third-order valence-electron chi connectivity index (χ3n) is 4.34. The molecule has 1 N–H and O–H groups in total. The molecule has 0 saturated heterocycles. The summed E-state index contributed by atoms with van der Waals surface area (Å²) < 4.78 is 13.7. The van der Waals surface area contributed by atoms with Crippen LogP contribution >= 0.6 is 0 Å². The van der Waals surface area contributed by atoms with Crippen molar-refractivity contribution in [1.82, 2.24) is 14.9 Å². The Labute approximate surface area is 168 Å². The minimum Gasteiger partial charge on any atom is -0.336 e. The van der Waals surface area contributed by atoms with Crippen molar-refractivity contribution in [2.24, 2.45) is 0 Å². The van der Waals surface area contributed by atoms with E-state index in [2.05, 4.69) is 15.3 Å². The van der Waals surface area contributed by atoms with Crippen LogP contribution in [0.25, 0.3) is 0 Å². The Morgan fingerprint density at radius 3 is 2.45 bits per heavy atom. The first-order chi connectivity index (χ1) is 14.1. The lowest BCUT2D eigenvalue weighted by Gasteiger charge is -2.22. The summed E-state index contributed by atoms with van der Waals surface area (Å²) in [6, 6.07) is 15.7. The molecule has 3 aromatic rings. The largest absolute Gasteiger partial charge is 0.336 e. The summed E-state index contributed by atoms with van der Waals surface area (Å²) in [4.78, 5) is 34.6. The molecule has 0 aliphatic heterocycles. The van der Waals surface area contributed by atoms with Gasteiger partial charge < -0.3 is 10.2 Å². The molecule has 0 aliphatic carbocycles. The summed E-state index contributed by atoms with van der Waals surface area (Å²) >= 11 is 0. The van der Waals surface area contributed by atoms with E-state index < -0.39 is 5.82 Å². The second-order valence-electron chi connectivity index (χ2n) is 6.40. The molecule has 1 aromatic heterocycles. The monoisotopic (exact) mass is 392 g/mol. The fourth-order valence-electron chi connectivity index (χ4n) is 2.81. The zero-order chi connectivity index (χ0) is 20.5. The molecule has 0 radical (unpaired) electrons. The number of aromatic nitrogens is 2. The third-order valence-corrected chi connectivity index (χ3v) is 4.34.